The molecule has 1 saturated heterocycles. The van der Waals surface area contributed by atoms with Crippen LogP contribution in [0.1, 0.15) is 16.8 Å². The van der Waals surface area contributed by atoms with Gasteiger partial charge < -0.3 is 10.1 Å². The second-order valence-electron chi connectivity index (χ2n) is 6.54. The Balaban J connectivity index is 1.60. The fraction of sp³-hybridized carbons (Fsp3) is 0.350. The smallest absolute Gasteiger partial charge is 0.284 e. The molecular formula is C20H22ClN3O4S. The highest BCUT2D eigenvalue weighted by molar-refractivity contribution is 7.99. The standard InChI is InChI=1S/C20H22ClN3O4S/c21-16-4-1-2-5-18(16)29-19-7-6-15(14-17(19)24(26)27)20(25)22-8-3-9-23-10-12-28-13-11-23/h1-2,4-7,14H,3,8-13H2,(H,22,25). The first-order valence-electron chi connectivity index (χ1n) is 9.34. The number of halogens is 1. The van der Waals surface area contributed by atoms with Crippen molar-refractivity contribution in [1.82, 2.24) is 10.2 Å². The minimum absolute atomic E-state index is 0.115. The summed E-state index contributed by atoms with van der Waals surface area (Å²) < 4.78 is 5.31. The number of hydrogen-bond acceptors (Lipinski definition) is 6. The Morgan fingerprint density at radius 2 is 1.97 bits per heavy atom. The van der Waals surface area contributed by atoms with Crippen molar-refractivity contribution in [3.63, 3.8) is 0 Å². The zero-order valence-electron chi connectivity index (χ0n) is 15.8. The number of carbonyl (C=O) groups excluding carboxylic acids is 1. The van der Waals surface area contributed by atoms with Crippen molar-refractivity contribution >= 4 is 35.0 Å². The average molecular weight is 436 g/mol. The highest BCUT2D eigenvalue weighted by Gasteiger charge is 2.19. The Kier molecular flexibility index (Phi) is 7.88. The van der Waals surface area contributed by atoms with Crippen LogP contribution in [0.2, 0.25) is 5.02 Å². The van der Waals surface area contributed by atoms with Crippen LogP contribution in [0.4, 0.5) is 5.69 Å². The van der Waals surface area contributed by atoms with Gasteiger partial charge in [-0.3, -0.25) is 19.8 Å². The van der Waals surface area contributed by atoms with Crippen molar-refractivity contribution in [1.29, 1.82) is 0 Å². The number of nitrogens with zero attached hydrogens (tertiary/aromatic N) is 2. The second-order valence-corrected chi connectivity index (χ2v) is 8.03. The first kappa shape index (κ1) is 21.6. The predicted octanol–water partition coefficient (Wildman–Crippen LogP) is 3.85. The third-order valence-corrected chi connectivity index (χ3v) is 6.10. The molecule has 1 fully saturated rings. The molecule has 0 atom stereocenters. The maximum atomic E-state index is 12.4. The average Bonchev–Trinajstić information content (AvgIpc) is 2.73. The highest BCUT2D eigenvalue weighted by atomic mass is 35.5. The van der Waals surface area contributed by atoms with Gasteiger partial charge in [-0.05, 0) is 37.2 Å². The van der Waals surface area contributed by atoms with Crippen LogP contribution in [-0.4, -0.2) is 55.1 Å². The number of morpholine rings is 1. The van der Waals surface area contributed by atoms with E-state index in [0.717, 1.165) is 44.2 Å². The monoisotopic (exact) mass is 435 g/mol. The highest BCUT2D eigenvalue weighted by Crippen LogP contribution is 2.38. The van der Waals surface area contributed by atoms with E-state index in [2.05, 4.69) is 10.2 Å². The number of ether oxygens (including phenoxy) is 1. The van der Waals surface area contributed by atoms with E-state index in [0.29, 0.717) is 16.5 Å². The van der Waals surface area contributed by atoms with Crippen LogP contribution >= 0.6 is 23.4 Å². The molecule has 1 N–H and O–H groups in total. The number of benzene rings is 2. The first-order valence-corrected chi connectivity index (χ1v) is 10.5. The number of nitro benzene ring substituents is 1. The molecule has 1 heterocycles. The van der Waals surface area contributed by atoms with E-state index < -0.39 is 4.92 Å². The molecule has 0 spiro atoms. The van der Waals surface area contributed by atoms with Gasteiger partial charge in [0, 0.05) is 36.2 Å². The largest absolute Gasteiger partial charge is 0.379 e. The Bertz CT molecular complexity index is 875. The molecule has 3 rings (SSSR count). The number of carbonyl (C=O) groups is 1. The topological polar surface area (TPSA) is 84.7 Å². The maximum Gasteiger partial charge on any atom is 0.284 e. The number of amides is 1. The van der Waals surface area contributed by atoms with Crippen molar-refractivity contribution in [2.45, 2.75) is 16.2 Å². The predicted molar refractivity (Wildman–Crippen MR) is 113 cm³/mol. The number of rotatable bonds is 8. The zero-order chi connectivity index (χ0) is 20.6. The van der Waals surface area contributed by atoms with E-state index in [9.17, 15) is 14.9 Å². The second kappa shape index (κ2) is 10.6. The number of hydrogen-bond donors (Lipinski definition) is 1. The molecule has 0 aromatic heterocycles. The van der Waals surface area contributed by atoms with E-state index in [1.165, 1.54) is 17.8 Å². The summed E-state index contributed by atoms with van der Waals surface area (Å²) in [7, 11) is 0. The summed E-state index contributed by atoms with van der Waals surface area (Å²) in [6.45, 7) is 4.70. The van der Waals surface area contributed by atoms with Gasteiger partial charge in [0.05, 0.1) is 28.1 Å². The van der Waals surface area contributed by atoms with Crippen LogP contribution in [0, 0.1) is 10.1 Å². The Morgan fingerprint density at radius 3 is 2.69 bits per heavy atom. The molecule has 0 unspecified atom stereocenters. The van der Waals surface area contributed by atoms with Crippen molar-refractivity contribution in [2.24, 2.45) is 0 Å². The minimum Gasteiger partial charge on any atom is -0.379 e. The summed E-state index contributed by atoms with van der Waals surface area (Å²) in [5.74, 6) is -0.315. The maximum absolute atomic E-state index is 12.4. The lowest BCUT2D eigenvalue weighted by Crippen LogP contribution is -2.38. The third-order valence-electron chi connectivity index (χ3n) is 4.51. The fourth-order valence-corrected chi connectivity index (χ4v) is 4.14. The molecule has 0 aliphatic carbocycles. The first-order chi connectivity index (χ1) is 14.0. The normalized spacial score (nSPS) is 14.5. The molecule has 0 radical (unpaired) electrons. The molecular weight excluding hydrogens is 414 g/mol. The van der Waals surface area contributed by atoms with Crippen molar-refractivity contribution in [2.75, 3.05) is 39.4 Å². The van der Waals surface area contributed by atoms with Crippen molar-refractivity contribution < 1.29 is 14.5 Å². The molecule has 2 aromatic carbocycles. The molecule has 1 amide bonds. The Labute approximate surface area is 178 Å². The van der Waals surface area contributed by atoms with Gasteiger partial charge in [-0.25, -0.2) is 0 Å². The zero-order valence-corrected chi connectivity index (χ0v) is 17.4. The fourth-order valence-electron chi connectivity index (χ4n) is 2.96. The van der Waals surface area contributed by atoms with Crippen LogP contribution in [0.5, 0.6) is 0 Å². The van der Waals surface area contributed by atoms with Crippen LogP contribution in [0.15, 0.2) is 52.3 Å². The molecule has 154 valence electrons. The molecule has 0 bridgehead atoms. The lowest BCUT2D eigenvalue weighted by molar-refractivity contribution is -0.387. The molecule has 2 aromatic rings. The summed E-state index contributed by atoms with van der Waals surface area (Å²) in [5.41, 5.74) is 0.155. The lowest BCUT2D eigenvalue weighted by Gasteiger charge is -2.26. The number of nitrogens with one attached hydrogen (secondary N) is 1. The minimum atomic E-state index is -0.478. The van der Waals surface area contributed by atoms with E-state index in [1.54, 1.807) is 30.3 Å². The molecule has 7 nitrogen and oxygen atoms in total. The van der Waals surface area contributed by atoms with Gasteiger partial charge in [0.25, 0.3) is 11.6 Å². The summed E-state index contributed by atoms with van der Waals surface area (Å²) in [5, 5.41) is 14.9. The van der Waals surface area contributed by atoms with Gasteiger partial charge in [-0.2, -0.15) is 0 Å². The van der Waals surface area contributed by atoms with Gasteiger partial charge in [0.15, 0.2) is 0 Å². The molecule has 0 saturated carbocycles. The van der Waals surface area contributed by atoms with E-state index in [-0.39, 0.29) is 17.2 Å². The summed E-state index contributed by atoms with van der Waals surface area (Å²) in [6.07, 6.45) is 0.814. The van der Waals surface area contributed by atoms with Crippen molar-refractivity contribution in [3.05, 3.63) is 63.2 Å². The molecule has 1 aliphatic rings. The van der Waals surface area contributed by atoms with Crippen LogP contribution in [-0.2, 0) is 4.74 Å². The van der Waals surface area contributed by atoms with Gasteiger partial charge in [-0.15, -0.1) is 0 Å². The van der Waals surface area contributed by atoms with Gasteiger partial charge in [0.1, 0.15) is 0 Å². The van der Waals surface area contributed by atoms with Crippen LogP contribution < -0.4 is 5.32 Å². The Morgan fingerprint density at radius 1 is 1.21 bits per heavy atom. The Hall–Kier alpha value is -2.13. The van der Waals surface area contributed by atoms with E-state index in [4.69, 9.17) is 16.3 Å². The van der Waals surface area contributed by atoms with Gasteiger partial charge >= 0.3 is 0 Å². The third kappa shape index (κ3) is 6.17. The van der Waals surface area contributed by atoms with Crippen molar-refractivity contribution in [3.8, 4) is 0 Å². The lowest BCUT2D eigenvalue weighted by atomic mass is 10.2. The number of nitro groups is 1. The quantitative estimate of drug-likeness (QED) is 0.385. The SMILES string of the molecule is O=C(NCCCN1CCOCC1)c1ccc(Sc2ccccc2Cl)c([N+](=O)[O-])c1. The van der Waals surface area contributed by atoms with E-state index in [1.807, 2.05) is 6.07 Å². The van der Waals surface area contributed by atoms with Gasteiger partial charge in [-0.1, -0.05) is 35.5 Å². The molecule has 9 heteroatoms. The molecule has 1 aliphatic heterocycles. The van der Waals surface area contributed by atoms with Crippen LogP contribution in [0.25, 0.3) is 0 Å². The van der Waals surface area contributed by atoms with Gasteiger partial charge in [0.2, 0.25) is 0 Å². The summed E-state index contributed by atoms with van der Waals surface area (Å²) >= 11 is 7.36. The molecule has 29 heavy (non-hydrogen) atoms. The summed E-state index contributed by atoms with van der Waals surface area (Å²) in [4.78, 5) is 26.9. The summed E-state index contributed by atoms with van der Waals surface area (Å²) in [6, 6.07) is 11.7. The van der Waals surface area contributed by atoms with Crippen LogP contribution in [0.3, 0.4) is 0 Å². The van der Waals surface area contributed by atoms with E-state index >= 15 is 0 Å².